The van der Waals surface area contributed by atoms with Gasteiger partial charge < -0.3 is 48.6 Å². The van der Waals surface area contributed by atoms with E-state index in [0.29, 0.717) is 51.4 Å². The second kappa shape index (κ2) is 27.4. The number of esters is 1. The van der Waals surface area contributed by atoms with Crippen LogP contribution >= 0.6 is 0 Å². The van der Waals surface area contributed by atoms with Gasteiger partial charge in [0.2, 0.25) is 5.79 Å². The van der Waals surface area contributed by atoms with E-state index in [-0.39, 0.29) is 43.1 Å². The monoisotopic (exact) mass is 976 g/mol. The molecule has 0 aromatic rings. The van der Waals surface area contributed by atoms with Crippen LogP contribution in [0.25, 0.3) is 0 Å². The van der Waals surface area contributed by atoms with Gasteiger partial charge in [-0.3, -0.25) is 19.2 Å². The second-order valence-corrected chi connectivity index (χ2v) is 19.9. The molecular formula is C54H85NO14. The first-order valence-corrected chi connectivity index (χ1v) is 24.9. The number of carbonyl (C=O) groups is 5. The molecular weight excluding hydrogens is 887 g/mol. The topological polar surface area (TPSA) is 205 Å². The molecule has 15 nitrogen and oxygen atoms in total. The number of aliphatic hydroxyl groups excluding tert-OH is 2. The molecule has 1 amide bonds. The van der Waals surface area contributed by atoms with Crippen molar-refractivity contribution in [1.82, 2.24) is 4.90 Å². The Labute approximate surface area is 417 Å². The van der Waals surface area contributed by atoms with E-state index in [1.807, 2.05) is 13.8 Å². The van der Waals surface area contributed by atoms with Crippen molar-refractivity contribution in [2.24, 2.45) is 41.4 Å². The number of rotatable bonds is 9. The summed E-state index contributed by atoms with van der Waals surface area (Å²) in [6, 6.07) is -1.22. The number of amides is 1. The molecule has 0 spiro atoms. The zero-order valence-electron chi connectivity index (χ0n) is 46.9. The molecule has 4 aliphatic rings. The van der Waals surface area contributed by atoms with E-state index < -0.39 is 127 Å². The van der Waals surface area contributed by atoms with Crippen LogP contribution < -0.4 is 0 Å². The molecule has 1 unspecified atom stereocenters. The lowest BCUT2D eigenvalue weighted by Crippen LogP contribution is -2.61. The van der Waals surface area contributed by atoms with Gasteiger partial charge in [0.1, 0.15) is 30.1 Å². The van der Waals surface area contributed by atoms with Gasteiger partial charge in [0, 0.05) is 61.2 Å². The Morgan fingerprint density at radius 1 is 0.899 bits per heavy atom. The van der Waals surface area contributed by atoms with Crippen LogP contribution in [0, 0.1) is 41.4 Å². The van der Waals surface area contributed by atoms with Crippen molar-refractivity contribution in [1.29, 1.82) is 0 Å². The molecule has 3 heterocycles. The predicted molar refractivity (Wildman–Crippen MR) is 261 cm³/mol. The van der Waals surface area contributed by atoms with Gasteiger partial charge in [-0.15, -0.1) is 0 Å². The molecule has 0 aromatic heterocycles. The van der Waals surface area contributed by atoms with Gasteiger partial charge in [-0.25, -0.2) is 4.79 Å². The van der Waals surface area contributed by atoms with Crippen molar-refractivity contribution >= 4 is 29.2 Å². The first-order chi connectivity index (χ1) is 34.1. The minimum Gasteiger partial charge on any atom is -0.460 e. The van der Waals surface area contributed by atoms with Crippen molar-refractivity contribution in [3.63, 3.8) is 0 Å². The number of fused-ring (bicyclic) bond motifs is 3. The first-order valence-electron chi connectivity index (χ1n) is 26.9. The number of aliphatic hydroxyl groups is 3. The highest BCUT2D eigenvalue weighted by atomic mass is 16.6. The third kappa shape index (κ3) is 15.3. The lowest BCUT2D eigenvalue weighted by molar-refractivity contribution is -0.265. The lowest BCUT2D eigenvalue weighted by Gasteiger charge is -2.42. The Morgan fingerprint density at radius 2 is 1.62 bits per heavy atom. The summed E-state index contributed by atoms with van der Waals surface area (Å²) in [5, 5.41) is 33.1. The van der Waals surface area contributed by atoms with Gasteiger partial charge in [-0.1, -0.05) is 78.0 Å². The molecule has 3 fully saturated rings. The average molecular weight is 976 g/mol. The zero-order valence-corrected chi connectivity index (χ0v) is 42.9. The van der Waals surface area contributed by atoms with Gasteiger partial charge in [0.05, 0.1) is 40.3 Å². The Bertz CT molecular complexity index is 2040. The molecule has 2 saturated heterocycles. The summed E-state index contributed by atoms with van der Waals surface area (Å²) in [6.07, 6.45) is 7.28. The number of Topliss-reactive ketones (excluding diaryl/α,β-unsaturated/α-hetero) is 3. The minimum atomic E-state index is -2.50. The highest BCUT2D eigenvalue weighted by Crippen LogP contribution is 2.38. The van der Waals surface area contributed by atoms with Gasteiger partial charge >= 0.3 is 5.97 Å². The van der Waals surface area contributed by atoms with E-state index in [4.69, 9.17) is 32.5 Å². The first kappa shape index (κ1) is 51.9. The summed E-state index contributed by atoms with van der Waals surface area (Å²) in [5.41, 5.74) is 1.01. The third-order valence-corrected chi connectivity index (χ3v) is 15.1. The summed E-state index contributed by atoms with van der Waals surface area (Å²) < 4.78 is 69.5. The third-order valence-electron chi connectivity index (χ3n) is 15.1. The molecule has 1 saturated carbocycles. The van der Waals surface area contributed by atoms with Crippen LogP contribution in [-0.4, -0.2) is 145 Å². The second-order valence-electron chi connectivity index (χ2n) is 19.9. The maximum Gasteiger partial charge on any atom is 0.329 e. The maximum absolute atomic E-state index is 14.5. The zero-order chi connectivity index (χ0) is 54.8. The van der Waals surface area contributed by atoms with Crippen molar-refractivity contribution in [3.05, 3.63) is 47.6 Å². The molecule has 2 bridgehead atoms. The normalized spacial score (nSPS) is 43.0. The fourth-order valence-corrected chi connectivity index (χ4v) is 10.2. The van der Waals surface area contributed by atoms with E-state index in [1.165, 1.54) is 54.3 Å². The largest absolute Gasteiger partial charge is 0.460 e. The summed E-state index contributed by atoms with van der Waals surface area (Å²) in [5.74, 6) is -13.2. The predicted octanol–water partition coefficient (Wildman–Crippen LogP) is 6.44. The number of cyclic esters (lactones) is 1. The Hall–Kier alpha value is -3.41. The molecule has 1 aliphatic carbocycles. The number of hydrogen-bond acceptors (Lipinski definition) is 14. The molecule has 3 N–H and O–H groups in total. The average Bonchev–Trinajstić information content (AvgIpc) is 3.35. The van der Waals surface area contributed by atoms with Crippen molar-refractivity contribution in [2.75, 3.05) is 41.0 Å². The molecule has 69 heavy (non-hydrogen) atoms. The molecule has 3 aliphatic heterocycles. The van der Waals surface area contributed by atoms with Gasteiger partial charge in [0.25, 0.3) is 11.7 Å². The van der Waals surface area contributed by atoms with Gasteiger partial charge in [-0.05, 0) is 106 Å². The van der Waals surface area contributed by atoms with E-state index in [1.54, 1.807) is 45.1 Å². The quantitative estimate of drug-likeness (QED) is 0.129. The van der Waals surface area contributed by atoms with E-state index in [0.717, 1.165) is 10.5 Å². The number of ketones is 3. The fraction of sp³-hybridized carbons (Fsp3) is 0.759. The van der Waals surface area contributed by atoms with E-state index in [2.05, 4.69) is 0 Å². The number of nitrogens with zero attached hydrogens (tertiary/aromatic N) is 1. The van der Waals surface area contributed by atoms with E-state index >= 15 is 0 Å². The Morgan fingerprint density at radius 3 is 2.29 bits per heavy atom. The SMILES string of the molecule is [2H]C([2H])(CO)O[C@@H]1CC[C@@H](C[C@@H](C)[C@@H]2CC(=O)[C@H](C)/C=C(\C)[C@@H](O)[C@@H](OC)C(=O)[C@H](C)C([2H])(C)[C@]([2H])(C)/C=C/C=C/C=C(\C)[C@@H](OC)C[C@@H]3CC[C@@H](C)[C@@](O)(O3)C(=O)C(=O)N3CCCC[C@H]3C(=O)O2)C[C@H]1OC. The number of hydrogen-bond donors (Lipinski definition) is 3. The summed E-state index contributed by atoms with van der Waals surface area (Å²) >= 11 is 0. The number of carbonyl (C=O) groups excluding carboxylic acids is 5. The Kier molecular flexibility index (Phi) is 20.6. The van der Waals surface area contributed by atoms with Gasteiger partial charge in [0.15, 0.2) is 5.78 Å². The Balaban J connectivity index is 1.75. The van der Waals surface area contributed by atoms with Crippen molar-refractivity contribution < 1.29 is 73.2 Å². The summed E-state index contributed by atoms with van der Waals surface area (Å²) in [4.78, 5) is 72.7. The van der Waals surface area contributed by atoms with Crippen molar-refractivity contribution in [2.45, 2.75) is 181 Å². The van der Waals surface area contributed by atoms with E-state index in [9.17, 15) is 40.7 Å². The highest BCUT2D eigenvalue weighted by Gasteiger charge is 2.53. The van der Waals surface area contributed by atoms with Crippen LogP contribution in [0.4, 0.5) is 0 Å². The van der Waals surface area contributed by atoms with Crippen molar-refractivity contribution in [3.8, 4) is 0 Å². The van der Waals surface area contributed by atoms with Crippen LogP contribution in [0.3, 0.4) is 0 Å². The number of piperidine rings is 1. The van der Waals surface area contributed by atoms with Crippen LogP contribution in [0.2, 0.25) is 0 Å². The summed E-state index contributed by atoms with van der Waals surface area (Å²) in [7, 11) is 4.28. The number of allylic oxidation sites excluding steroid dienone is 6. The van der Waals surface area contributed by atoms with Gasteiger partial charge in [-0.2, -0.15) is 0 Å². The molecule has 16 atom stereocenters. The summed E-state index contributed by atoms with van der Waals surface area (Å²) in [6.45, 7) is 9.95. The standard InChI is InChI=1S/C54H85NO14/c1-32-17-13-12-14-18-33(2)45(64-9)30-41-22-20-37(6)54(63,69-41)51(60)52(61)55-24-16-15-19-42(55)53(62)68-46(35(4)28-40-21-23-44(67-26-25-56)47(29-40)65-10)31-43(57)34(3)27-36(5)48(58)50(66-11)49(59)39(8)38(32)7/h12-14,17-18,27,32,34-35,37-42,44-48,50,56,58,63H,15-16,19-26,28-31H2,1-11H3/b14-12+,17-13+,33-18+,36-27+/t32-,34-,35-,37-,38?,39-,40+,41+,42+,44-,45+,46+,47-,48-,50-,54-/m1/s1/i26D2,32D,38D. The maximum atomic E-state index is 14.5. The van der Waals surface area contributed by atoms with Crippen LogP contribution in [0.15, 0.2) is 47.6 Å². The molecule has 0 aromatic carbocycles. The minimum absolute atomic E-state index is 0.0308. The number of ether oxygens (including phenoxy) is 6. The molecule has 390 valence electrons. The molecule has 4 rings (SSSR count). The van der Waals surface area contributed by atoms with Crippen LogP contribution in [-0.2, 0) is 52.4 Å². The molecule has 15 heteroatoms. The number of methoxy groups -OCH3 is 3. The smallest absolute Gasteiger partial charge is 0.329 e. The molecule has 0 radical (unpaired) electrons. The fourth-order valence-electron chi connectivity index (χ4n) is 10.2. The van der Waals surface area contributed by atoms with Crippen LogP contribution in [0.1, 0.15) is 132 Å². The lowest BCUT2D eigenvalue weighted by atomic mass is 9.78. The van der Waals surface area contributed by atoms with Crippen LogP contribution in [0.5, 0.6) is 0 Å². The highest BCUT2D eigenvalue weighted by molar-refractivity contribution is 6.39.